The molecule has 1 saturated carbocycles. The zero-order valence-electron chi connectivity index (χ0n) is 13.9. The van der Waals surface area contributed by atoms with E-state index in [1.54, 1.807) is 0 Å². The van der Waals surface area contributed by atoms with E-state index >= 15 is 0 Å². The Morgan fingerprint density at radius 3 is 1.86 bits per heavy atom. The van der Waals surface area contributed by atoms with Crippen molar-refractivity contribution in [3.05, 3.63) is 12.3 Å². The molecule has 0 heterocycles. The SMILES string of the molecule is C=C(OC1CCC(C(C)(C)C)CC1)C(C)(CC)C(F)(F)F. The van der Waals surface area contributed by atoms with E-state index in [4.69, 9.17) is 4.74 Å². The molecule has 1 unspecified atom stereocenters. The zero-order valence-corrected chi connectivity index (χ0v) is 13.9. The van der Waals surface area contributed by atoms with Gasteiger partial charge in [0.1, 0.15) is 11.2 Å². The third-order valence-corrected chi connectivity index (χ3v) is 5.16. The van der Waals surface area contributed by atoms with Crippen LogP contribution in [0.15, 0.2) is 12.3 Å². The summed E-state index contributed by atoms with van der Waals surface area (Å²) < 4.78 is 45.2. The molecule has 0 aromatic rings. The van der Waals surface area contributed by atoms with Gasteiger partial charge in [0, 0.05) is 0 Å². The predicted octanol–water partition coefficient (Wildman–Crippen LogP) is 6.10. The van der Waals surface area contributed by atoms with Crippen LogP contribution < -0.4 is 0 Å². The largest absolute Gasteiger partial charge is 0.494 e. The quantitative estimate of drug-likeness (QED) is 0.570. The maximum absolute atomic E-state index is 13.2. The molecule has 4 heteroatoms. The number of halogens is 3. The monoisotopic (exact) mass is 306 g/mol. The Balaban J connectivity index is 2.62. The van der Waals surface area contributed by atoms with Crippen molar-refractivity contribution in [1.82, 2.24) is 0 Å². The van der Waals surface area contributed by atoms with Gasteiger partial charge in [0.25, 0.3) is 0 Å². The van der Waals surface area contributed by atoms with Crippen molar-refractivity contribution in [3.63, 3.8) is 0 Å². The highest BCUT2D eigenvalue weighted by Gasteiger charge is 2.53. The first-order valence-electron chi connectivity index (χ1n) is 7.84. The molecule has 0 radical (unpaired) electrons. The summed E-state index contributed by atoms with van der Waals surface area (Å²) in [6.45, 7) is 12.9. The van der Waals surface area contributed by atoms with Crippen LogP contribution in [0.4, 0.5) is 13.2 Å². The maximum Gasteiger partial charge on any atom is 0.401 e. The molecule has 1 nitrogen and oxygen atoms in total. The molecule has 1 fully saturated rings. The lowest BCUT2D eigenvalue weighted by Crippen LogP contribution is -2.39. The van der Waals surface area contributed by atoms with Gasteiger partial charge in [-0.3, -0.25) is 0 Å². The first-order valence-corrected chi connectivity index (χ1v) is 7.84. The molecule has 1 aliphatic rings. The smallest absolute Gasteiger partial charge is 0.401 e. The van der Waals surface area contributed by atoms with Crippen molar-refractivity contribution in [3.8, 4) is 0 Å². The van der Waals surface area contributed by atoms with Gasteiger partial charge in [-0.25, -0.2) is 0 Å². The topological polar surface area (TPSA) is 9.23 Å². The molecule has 0 bridgehead atoms. The average Bonchev–Trinajstić information content (AvgIpc) is 2.35. The van der Waals surface area contributed by atoms with E-state index in [2.05, 4.69) is 27.4 Å². The predicted molar refractivity (Wildman–Crippen MR) is 79.9 cm³/mol. The van der Waals surface area contributed by atoms with Gasteiger partial charge >= 0.3 is 6.18 Å². The molecule has 1 atom stereocenters. The van der Waals surface area contributed by atoms with Crippen LogP contribution >= 0.6 is 0 Å². The van der Waals surface area contributed by atoms with Crippen LogP contribution in [-0.2, 0) is 4.74 Å². The van der Waals surface area contributed by atoms with Crippen LogP contribution in [0, 0.1) is 16.7 Å². The summed E-state index contributed by atoms with van der Waals surface area (Å²) in [7, 11) is 0. The first-order chi connectivity index (χ1) is 9.41. The van der Waals surface area contributed by atoms with Gasteiger partial charge in [-0.2, -0.15) is 13.2 Å². The van der Waals surface area contributed by atoms with Gasteiger partial charge in [-0.05, 0) is 50.4 Å². The summed E-state index contributed by atoms with van der Waals surface area (Å²) in [6.07, 6.45) is -0.831. The van der Waals surface area contributed by atoms with Gasteiger partial charge < -0.3 is 4.74 Å². The second-order valence-electron chi connectivity index (χ2n) is 7.56. The van der Waals surface area contributed by atoms with Crippen LogP contribution in [0.3, 0.4) is 0 Å². The number of hydrogen-bond donors (Lipinski definition) is 0. The highest BCUT2D eigenvalue weighted by Crippen LogP contribution is 2.47. The Labute approximate surface area is 126 Å². The molecule has 0 aromatic heterocycles. The molecule has 0 spiro atoms. The molecule has 1 rings (SSSR count). The lowest BCUT2D eigenvalue weighted by molar-refractivity contribution is -0.219. The van der Waals surface area contributed by atoms with Crippen molar-refractivity contribution in [1.29, 1.82) is 0 Å². The number of rotatable bonds is 4. The van der Waals surface area contributed by atoms with E-state index in [9.17, 15) is 13.2 Å². The van der Waals surface area contributed by atoms with E-state index in [1.165, 1.54) is 13.8 Å². The van der Waals surface area contributed by atoms with Crippen molar-refractivity contribution in [2.45, 2.75) is 79.0 Å². The van der Waals surface area contributed by atoms with Gasteiger partial charge in [0.2, 0.25) is 0 Å². The van der Waals surface area contributed by atoms with Crippen LogP contribution in [0.2, 0.25) is 0 Å². The van der Waals surface area contributed by atoms with Gasteiger partial charge in [-0.1, -0.05) is 34.3 Å². The summed E-state index contributed by atoms with van der Waals surface area (Å²) >= 11 is 0. The maximum atomic E-state index is 13.2. The Kier molecular flexibility index (Phi) is 5.44. The van der Waals surface area contributed by atoms with Gasteiger partial charge in [-0.15, -0.1) is 0 Å². The molecule has 0 aromatic carbocycles. The number of alkyl halides is 3. The molecule has 0 N–H and O–H groups in total. The molecule has 124 valence electrons. The fourth-order valence-electron chi connectivity index (χ4n) is 2.93. The van der Waals surface area contributed by atoms with Crippen molar-refractivity contribution in [2.75, 3.05) is 0 Å². The summed E-state index contributed by atoms with van der Waals surface area (Å²) in [4.78, 5) is 0. The molecule has 0 aliphatic heterocycles. The molecule has 0 saturated heterocycles. The van der Waals surface area contributed by atoms with E-state index in [1.807, 2.05) is 0 Å². The molecule has 0 amide bonds. The highest BCUT2D eigenvalue weighted by molar-refractivity contribution is 5.06. The highest BCUT2D eigenvalue weighted by atomic mass is 19.4. The minimum absolute atomic E-state index is 0.0489. The second-order valence-corrected chi connectivity index (χ2v) is 7.56. The normalized spacial score (nSPS) is 27.0. The molecular weight excluding hydrogens is 277 g/mol. The lowest BCUT2D eigenvalue weighted by atomic mass is 9.72. The fraction of sp³-hybridized carbons (Fsp3) is 0.882. The van der Waals surface area contributed by atoms with E-state index in [0.717, 1.165) is 25.7 Å². The fourth-order valence-corrected chi connectivity index (χ4v) is 2.93. The minimum atomic E-state index is -4.32. The van der Waals surface area contributed by atoms with E-state index < -0.39 is 11.6 Å². The van der Waals surface area contributed by atoms with Crippen LogP contribution in [-0.4, -0.2) is 12.3 Å². The van der Waals surface area contributed by atoms with Crippen LogP contribution in [0.25, 0.3) is 0 Å². The lowest BCUT2D eigenvalue weighted by Gasteiger charge is -2.39. The first kappa shape index (κ1) is 18.4. The minimum Gasteiger partial charge on any atom is -0.494 e. The second kappa shape index (κ2) is 6.21. The van der Waals surface area contributed by atoms with Crippen molar-refractivity contribution < 1.29 is 17.9 Å². The van der Waals surface area contributed by atoms with Crippen LogP contribution in [0.5, 0.6) is 0 Å². The Morgan fingerprint density at radius 2 is 1.52 bits per heavy atom. The number of hydrogen-bond acceptors (Lipinski definition) is 1. The summed E-state index contributed by atoms with van der Waals surface area (Å²) in [5, 5.41) is 0. The summed E-state index contributed by atoms with van der Waals surface area (Å²) in [5.74, 6) is 0.488. The molecule has 1 aliphatic carbocycles. The number of allylic oxidation sites excluding steroid dienone is 1. The van der Waals surface area contributed by atoms with Crippen LogP contribution in [0.1, 0.15) is 66.7 Å². The molecule has 21 heavy (non-hydrogen) atoms. The van der Waals surface area contributed by atoms with Gasteiger partial charge in [0.05, 0.1) is 6.10 Å². The van der Waals surface area contributed by atoms with E-state index in [-0.39, 0.29) is 23.7 Å². The third kappa shape index (κ3) is 4.17. The van der Waals surface area contributed by atoms with Crippen molar-refractivity contribution in [2.24, 2.45) is 16.7 Å². The Hall–Kier alpha value is -0.670. The summed E-state index contributed by atoms with van der Waals surface area (Å²) in [6, 6.07) is 0. The zero-order chi connectivity index (χ0) is 16.5. The van der Waals surface area contributed by atoms with E-state index in [0.29, 0.717) is 5.92 Å². The Morgan fingerprint density at radius 1 is 1.05 bits per heavy atom. The number of ether oxygens (including phenoxy) is 1. The van der Waals surface area contributed by atoms with Crippen molar-refractivity contribution >= 4 is 0 Å². The van der Waals surface area contributed by atoms with Gasteiger partial charge in [0.15, 0.2) is 0 Å². The summed E-state index contributed by atoms with van der Waals surface area (Å²) in [5.41, 5.74) is -1.69. The average molecular weight is 306 g/mol. The molecular formula is C17H29F3O. The third-order valence-electron chi connectivity index (χ3n) is 5.16. The standard InChI is InChI=1S/C17H29F3O/c1-7-16(6,17(18,19)20)12(2)21-14-10-8-13(9-11-14)15(3,4)5/h13-14H,2,7-11H2,1,3-6H3. The Bertz CT molecular complexity index is 359.